The lowest BCUT2D eigenvalue weighted by Crippen LogP contribution is -2.61. The highest BCUT2D eigenvalue weighted by molar-refractivity contribution is 5.88. The fourth-order valence-corrected chi connectivity index (χ4v) is 1.32. The smallest absolute Gasteiger partial charge is 0.460 e. The molecule has 0 unspecified atom stereocenters. The van der Waals surface area contributed by atoms with Crippen LogP contribution in [-0.4, -0.2) is 49.1 Å². The molecule has 0 bridgehead atoms. The molecule has 0 amide bonds. The lowest BCUT2D eigenvalue weighted by atomic mass is 10.0. The molecule has 27 heavy (non-hydrogen) atoms. The average molecular weight is 418 g/mol. The predicted molar refractivity (Wildman–Crippen MR) is 71.4 cm³/mol. The van der Waals surface area contributed by atoms with Crippen LogP contribution in [0.1, 0.15) is 20.3 Å². The molecule has 0 spiro atoms. The lowest BCUT2D eigenvalue weighted by Gasteiger charge is -2.33. The van der Waals surface area contributed by atoms with Crippen LogP contribution in [0.15, 0.2) is 12.2 Å². The van der Waals surface area contributed by atoms with Crippen molar-refractivity contribution in [2.24, 2.45) is 5.92 Å². The van der Waals surface area contributed by atoms with Crippen LogP contribution >= 0.6 is 0 Å². The minimum absolute atomic E-state index is 0.579. The van der Waals surface area contributed by atoms with Crippen molar-refractivity contribution in [3.05, 3.63) is 12.2 Å². The van der Waals surface area contributed by atoms with E-state index >= 15 is 0 Å². The van der Waals surface area contributed by atoms with Gasteiger partial charge in [0.2, 0.25) is 0 Å². The summed E-state index contributed by atoms with van der Waals surface area (Å²) in [5.74, 6) is -22.5. The number of hydrogen-bond donors (Lipinski definition) is 0. The van der Waals surface area contributed by atoms with E-state index < -0.39 is 67.0 Å². The number of hydrogen-bond acceptors (Lipinski definition) is 4. The van der Waals surface area contributed by atoms with E-state index in [1.165, 1.54) is 13.8 Å². The van der Waals surface area contributed by atoms with E-state index in [4.69, 9.17) is 0 Å². The zero-order valence-electron chi connectivity index (χ0n) is 13.9. The topological polar surface area (TPSA) is 52.6 Å². The van der Waals surface area contributed by atoms with Crippen molar-refractivity contribution in [1.29, 1.82) is 0 Å². The van der Waals surface area contributed by atoms with Gasteiger partial charge in [-0.25, -0.2) is 4.79 Å². The minimum Gasteiger partial charge on any atom is -0.462 e. The number of alkyl halides is 9. The van der Waals surface area contributed by atoms with Crippen LogP contribution in [0.3, 0.4) is 0 Å². The van der Waals surface area contributed by atoms with E-state index in [-0.39, 0.29) is 0 Å². The third kappa shape index (κ3) is 5.76. The van der Waals surface area contributed by atoms with Crippen LogP contribution in [0.2, 0.25) is 0 Å². The van der Waals surface area contributed by atoms with Gasteiger partial charge in [0.1, 0.15) is 6.61 Å². The van der Waals surface area contributed by atoms with Gasteiger partial charge in [-0.1, -0.05) is 20.4 Å². The molecule has 0 fully saturated rings. The summed E-state index contributed by atoms with van der Waals surface area (Å²) in [6, 6.07) is 0. The fourth-order valence-electron chi connectivity index (χ4n) is 1.32. The van der Waals surface area contributed by atoms with E-state index in [1.807, 2.05) is 0 Å². The fraction of sp³-hybridized carbons (Fsp3) is 0.714. The maximum Gasteiger partial charge on any atom is 0.460 e. The van der Waals surface area contributed by atoms with Crippen molar-refractivity contribution in [2.75, 3.05) is 13.2 Å². The Morgan fingerprint density at radius 1 is 0.889 bits per heavy atom. The molecule has 0 aromatic carbocycles. The molecule has 0 atom stereocenters. The van der Waals surface area contributed by atoms with E-state index in [9.17, 15) is 49.1 Å². The number of ether oxygens (including phenoxy) is 2. The highest BCUT2D eigenvalue weighted by atomic mass is 19.4. The Morgan fingerprint density at radius 2 is 1.37 bits per heavy atom. The molecule has 0 aliphatic carbocycles. The van der Waals surface area contributed by atoms with Crippen molar-refractivity contribution < 1.29 is 58.6 Å². The number of esters is 2. The molecular formula is C14H15F9O4. The normalized spacial score (nSPS) is 13.5. The second kappa shape index (κ2) is 8.38. The number of halogens is 9. The quantitative estimate of drug-likeness (QED) is 0.321. The summed E-state index contributed by atoms with van der Waals surface area (Å²) < 4.78 is 122. The standard InChI is InChI=1S/C14H15F9O4/c1-7(2)9(24)27-6-8(3)10(25)26-5-4-11(15,16)12(17,18)13(19,20)14(21,22)23/h7H,3-6H2,1-2H3. The molecule has 0 aromatic heterocycles. The molecule has 0 aliphatic heterocycles. The summed E-state index contributed by atoms with van der Waals surface area (Å²) in [4.78, 5) is 22.5. The summed E-state index contributed by atoms with van der Waals surface area (Å²) in [6.45, 7) is 3.61. The molecule has 4 nitrogen and oxygen atoms in total. The third-order valence-corrected chi connectivity index (χ3v) is 3.01. The summed E-state index contributed by atoms with van der Waals surface area (Å²) in [6.07, 6.45) is -9.25. The van der Waals surface area contributed by atoms with Crippen LogP contribution in [0.4, 0.5) is 39.5 Å². The Hall–Kier alpha value is -1.95. The van der Waals surface area contributed by atoms with E-state index in [2.05, 4.69) is 16.1 Å². The van der Waals surface area contributed by atoms with Crippen LogP contribution < -0.4 is 0 Å². The molecule has 0 saturated carbocycles. The second-order valence-electron chi connectivity index (χ2n) is 5.60. The van der Waals surface area contributed by atoms with Gasteiger partial charge in [0.15, 0.2) is 0 Å². The van der Waals surface area contributed by atoms with Crippen molar-refractivity contribution in [3.8, 4) is 0 Å². The second-order valence-corrected chi connectivity index (χ2v) is 5.60. The maximum atomic E-state index is 13.2. The first kappa shape index (κ1) is 25.1. The molecule has 0 aliphatic rings. The van der Waals surface area contributed by atoms with Gasteiger partial charge in [0.25, 0.3) is 0 Å². The van der Waals surface area contributed by atoms with Crippen molar-refractivity contribution in [1.82, 2.24) is 0 Å². The Morgan fingerprint density at radius 3 is 1.78 bits per heavy atom. The van der Waals surface area contributed by atoms with Gasteiger partial charge < -0.3 is 9.47 Å². The molecule has 158 valence electrons. The van der Waals surface area contributed by atoms with Crippen LogP contribution in [0, 0.1) is 5.92 Å². The zero-order valence-corrected chi connectivity index (χ0v) is 13.9. The SMILES string of the molecule is C=C(COC(=O)C(C)C)C(=O)OCCC(F)(F)C(F)(F)C(F)(F)C(F)(F)F. The van der Waals surface area contributed by atoms with Gasteiger partial charge in [-0.3, -0.25) is 4.79 Å². The highest BCUT2D eigenvalue weighted by Crippen LogP contribution is 2.53. The maximum absolute atomic E-state index is 13.2. The van der Waals surface area contributed by atoms with Gasteiger partial charge >= 0.3 is 35.9 Å². The van der Waals surface area contributed by atoms with Gasteiger partial charge in [0.05, 0.1) is 24.5 Å². The van der Waals surface area contributed by atoms with Crippen molar-refractivity contribution in [3.63, 3.8) is 0 Å². The summed E-state index contributed by atoms with van der Waals surface area (Å²) >= 11 is 0. The molecular weight excluding hydrogens is 403 g/mol. The Kier molecular flexibility index (Phi) is 7.77. The lowest BCUT2D eigenvalue weighted by molar-refractivity contribution is -0.397. The first-order valence-electron chi connectivity index (χ1n) is 7.10. The van der Waals surface area contributed by atoms with Gasteiger partial charge in [0, 0.05) is 0 Å². The Labute approximate surface area is 147 Å². The molecule has 0 saturated heterocycles. The summed E-state index contributed by atoms with van der Waals surface area (Å²) in [5, 5.41) is 0. The van der Waals surface area contributed by atoms with Crippen LogP contribution in [-0.2, 0) is 19.1 Å². The zero-order chi connectivity index (χ0) is 21.8. The minimum atomic E-state index is -7.01. The molecule has 0 rings (SSSR count). The monoisotopic (exact) mass is 418 g/mol. The number of rotatable bonds is 9. The predicted octanol–water partition coefficient (Wildman–Crippen LogP) is 4.14. The van der Waals surface area contributed by atoms with Crippen molar-refractivity contribution >= 4 is 11.9 Å². The van der Waals surface area contributed by atoms with Gasteiger partial charge in [-0.05, 0) is 0 Å². The molecule has 0 radical (unpaired) electrons. The Bertz CT molecular complexity index is 567. The number of carbonyl (C=O) groups excluding carboxylic acids is 2. The van der Waals surface area contributed by atoms with Gasteiger partial charge in [-0.15, -0.1) is 0 Å². The first-order valence-corrected chi connectivity index (χ1v) is 7.10. The highest BCUT2D eigenvalue weighted by Gasteiger charge is 2.81. The summed E-state index contributed by atoms with van der Waals surface area (Å²) in [7, 11) is 0. The van der Waals surface area contributed by atoms with Crippen molar-refractivity contribution in [2.45, 2.75) is 44.2 Å². The van der Waals surface area contributed by atoms with Gasteiger partial charge in [-0.2, -0.15) is 39.5 Å². The van der Waals surface area contributed by atoms with E-state index in [0.717, 1.165) is 0 Å². The average Bonchev–Trinajstić information content (AvgIpc) is 2.50. The molecule has 0 heterocycles. The first-order chi connectivity index (χ1) is 11.9. The van der Waals surface area contributed by atoms with E-state index in [0.29, 0.717) is 0 Å². The largest absolute Gasteiger partial charge is 0.462 e. The summed E-state index contributed by atoms with van der Waals surface area (Å²) in [5.41, 5.74) is -0.598. The number of carbonyl (C=O) groups is 2. The molecule has 0 aromatic rings. The molecule has 0 N–H and O–H groups in total. The third-order valence-electron chi connectivity index (χ3n) is 3.01. The van der Waals surface area contributed by atoms with Crippen LogP contribution in [0.25, 0.3) is 0 Å². The Balaban J connectivity index is 4.80. The van der Waals surface area contributed by atoms with Crippen LogP contribution in [0.5, 0.6) is 0 Å². The molecule has 13 heteroatoms. The van der Waals surface area contributed by atoms with E-state index in [1.54, 1.807) is 0 Å².